The first-order valence-electron chi connectivity index (χ1n) is 10.7. The van der Waals surface area contributed by atoms with Crippen molar-refractivity contribution in [1.29, 1.82) is 0 Å². The van der Waals surface area contributed by atoms with E-state index < -0.39 is 40.2 Å². The van der Waals surface area contributed by atoms with Gasteiger partial charge in [0.25, 0.3) is 0 Å². The molecule has 0 N–H and O–H groups in total. The minimum atomic E-state index is -2.39. The van der Waals surface area contributed by atoms with Gasteiger partial charge in [-0.2, -0.15) is 8.78 Å². The highest BCUT2D eigenvalue weighted by Crippen LogP contribution is 2.32. The lowest BCUT2D eigenvalue weighted by molar-refractivity contribution is 0.410. The van der Waals surface area contributed by atoms with E-state index in [0.717, 1.165) is 23.8 Å². The lowest BCUT2D eigenvalue weighted by Gasteiger charge is -2.10. The standard InChI is InChI=1S/C28H16ClF7/c29-26-24(32)13-19(14-25(26)33)21-10-8-18(12-23(21)31)20-9-5-16(11-22(20)30)2-1-15-3-6-17(7-4-15)27(34)28(35)36/h3-14H,1-2H2. The van der Waals surface area contributed by atoms with E-state index in [1.807, 2.05) is 0 Å². The first-order valence-corrected chi connectivity index (χ1v) is 11.0. The Kier molecular flexibility index (Phi) is 7.50. The van der Waals surface area contributed by atoms with Crippen LogP contribution in [0.25, 0.3) is 28.1 Å². The van der Waals surface area contributed by atoms with Crippen molar-refractivity contribution in [2.75, 3.05) is 0 Å². The second kappa shape index (κ2) is 10.6. The minimum absolute atomic E-state index is 0.0455. The Bertz CT molecular complexity index is 1430. The lowest BCUT2D eigenvalue weighted by atomic mass is 9.97. The van der Waals surface area contributed by atoms with Crippen LogP contribution in [-0.4, -0.2) is 0 Å². The summed E-state index contributed by atoms with van der Waals surface area (Å²) in [6.07, 6.45) is -1.51. The van der Waals surface area contributed by atoms with Crippen LogP contribution in [0.3, 0.4) is 0 Å². The third-order valence-corrected chi connectivity index (χ3v) is 6.05. The second-order valence-electron chi connectivity index (χ2n) is 8.03. The van der Waals surface area contributed by atoms with Gasteiger partial charge in [0.1, 0.15) is 28.3 Å². The molecule has 0 fully saturated rings. The first kappa shape index (κ1) is 25.5. The Morgan fingerprint density at radius 1 is 0.556 bits per heavy atom. The molecule has 0 saturated heterocycles. The van der Waals surface area contributed by atoms with Crippen molar-refractivity contribution in [3.8, 4) is 22.3 Å². The maximum atomic E-state index is 14.8. The molecule has 0 aromatic heterocycles. The molecule has 4 aromatic carbocycles. The van der Waals surface area contributed by atoms with Crippen LogP contribution in [0.1, 0.15) is 16.7 Å². The van der Waals surface area contributed by atoms with Gasteiger partial charge in [0, 0.05) is 16.7 Å². The topological polar surface area (TPSA) is 0 Å². The fraction of sp³-hybridized carbons (Fsp3) is 0.0714. The van der Waals surface area contributed by atoms with Crippen LogP contribution in [0.5, 0.6) is 0 Å². The smallest absolute Gasteiger partial charge is 0.206 e. The fourth-order valence-electron chi connectivity index (χ4n) is 3.79. The Labute approximate surface area is 207 Å². The highest BCUT2D eigenvalue weighted by molar-refractivity contribution is 6.31. The molecule has 0 saturated carbocycles. The third kappa shape index (κ3) is 5.46. The highest BCUT2D eigenvalue weighted by atomic mass is 35.5. The maximum absolute atomic E-state index is 14.8. The van der Waals surface area contributed by atoms with Crippen LogP contribution < -0.4 is 0 Å². The molecule has 0 aliphatic rings. The zero-order chi connectivity index (χ0) is 26.0. The molecule has 0 aliphatic heterocycles. The summed E-state index contributed by atoms with van der Waals surface area (Å²) in [5.74, 6) is -5.00. The quantitative estimate of drug-likeness (QED) is 0.175. The van der Waals surface area contributed by atoms with E-state index in [1.54, 1.807) is 6.07 Å². The third-order valence-electron chi connectivity index (χ3n) is 5.68. The Balaban J connectivity index is 1.50. The van der Waals surface area contributed by atoms with Gasteiger partial charge in [0.05, 0.1) is 0 Å². The van der Waals surface area contributed by atoms with Crippen molar-refractivity contribution in [2.24, 2.45) is 0 Å². The Morgan fingerprint density at radius 3 is 1.64 bits per heavy atom. The van der Waals surface area contributed by atoms with Crippen molar-refractivity contribution in [1.82, 2.24) is 0 Å². The van der Waals surface area contributed by atoms with E-state index in [-0.39, 0.29) is 27.8 Å². The molecule has 0 aliphatic carbocycles. The van der Waals surface area contributed by atoms with Crippen molar-refractivity contribution in [2.45, 2.75) is 12.8 Å². The van der Waals surface area contributed by atoms with Gasteiger partial charge in [-0.25, -0.2) is 22.0 Å². The molecule has 184 valence electrons. The molecule has 4 rings (SSSR count). The molecule has 0 radical (unpaired) electrons. The summed E-state index contributed by atoms with van der Waals surface area (Å²) in [6.45, 7) is 0. The Morgan fingerprint density at radius 2 is 1.06 bits per heavy atom. The van der Waals surface area contributed by atoms with Gasteiger partial charge in [-0.15, -0.1) is 0 Å². The van der Waals surface area contributed by atoms with Crippen molar-refractivity contribution < 1.29 is 30.7 Å². The predicted molar refractivity (Wildman–Crippen MR) is 126 cm³/mol. The minimum Gasteiger partial charge on any atom is -0.206 e. The summed E-state index contributed by atoms with van der Waals surface area (Å²) in [4.78, 5) is 0. The van der Waals surface area contributed by atoms with Crippen LogP contribution in [0, 0.1) is 23.3 Å². The number of hydrogen-bond acceptors (Lipinski definition) is 0. The van der Waals surface area contributed by atoms with Gasteiger partial charge in [-0.1, -0.05) is 60.1 Å². The molecule has 0 amide bonds. The zero-order valence-corrected chi connectivity index (χ0v) is 19.1. The van der Waals surface area contributed by atoms with E-state index in [1.165, 1.54) is 48.5 Å². The van der Waals surface area contributed by atoms with E-state index in [9.17, 15) is 30.7 Å². The van der Waals surface area contributed by atoms with E-state index >= 15 is 0 Å². The maximum Gasteiger partial charge on any atom is 0.306 e. The number of halogens is 8. The van der Waals surface area contributed by atoms with E-state index in [4.69, 9.17) is 11.6 Å². The SMILES string of the molecule is FC(F)=C(F)c1ccc(CCc2ccc(-c3ccc(-c4cc(F)c(Cl)c(F)c4)c(F)c3)c(F)c2)cc1. The molecule has 0 spiro atoms. The summed E-state index contributed by atoms with van der Waals surface area (Å²) < 4.78 is 95.1. The predicted octanol–water partition coefficient (Wildman–Crippen LogP) is 9.55. The first-order chi connectivity index (χ1) is 17.1. The average molecular weight is 521 g/mol. The zero-order valence-electron chi connectivity index (χ0n) is 18.4. The normalized spacial score (nSPS) is 11.0. The van der Waals surface area contributed by atoms with Crippen LogP contribution in [0.15, 0.2) is 78.9 Å². The number of benzene rings is 4. The van der Waals surface area contributed by atoms with E-state index in [2.05, 4.69) is 0 Å². The molecule has 36 heavy (non-hydrogen) atoms. The molecule has 8 heteroatoms. The lowest BCUT2D eigenvalue weighted by Crippen LogP contribution is -1.95. The number of rotatable bonds is 6. The summed E-state index contributed by atoms with van der Waals surface area (Å²) >= 11 is 5.47. The molecule has 0 atom stereocenters. The summed E-state index contributed by atoms with van der Waals surface area (Å²) in [5, 5.41) is -0.687. The number of hydrogen-bond donors (Lipinski definition) is 0. The molecular formula is C28H16ClF7. The Hall–Kier alpha value is -3.58. The van der Waals surface area contributed by atoms with Gasteiger partial charge >= 0.3 is 6.08 Å². The van der Waals surface area contributed by atoms with Crippen molar-refractivity contribution in [3.63, 3.8) is 0 Å². The van der Waals surface area contributed by atoms with Gasteiger partial charge in [0.2, 0.25) is 0 Å². The van der Waals surface area contributed by atoms with Gasteiger partial charge < -0.3 is 0 Å². The molecule has 0 bridgehead atoms. The summed E-state index contributed by atoms with van der Waals surface area (Å²) in [5.41, 5.74) is 1.43. The molecule has 0 heterocycles. The molecule has 4 aromatic rings. The molecular weight excluding hydrogens is 505 g/mol. The summed E-state index contributed by atoms with van der Waals surface area (Å²) in [7, 11) is 0. The van der Waals surface area contributed by atoms with Gasteiger partial charge in [-0.3, -0.25) is 0 Å². The van der Waals surface area contributed by atoms with E-state index in [0.29, 0.717) is 18.4 Å². The van der Waals surface area contributed by atoms with Gasteiger partial charge in [-0.05, 0) is 59.4 Å². The van der Waals surface area contributed by atoms with Crippen LogP contribution in [0.4, 0.5) is 30.7 Å². The largest absolute Gasteiger partial charge is 0.306 e. The summed E-state index contributed by atoms with van der Waals surface area (Å²) in [6, 6.07) is 15.7. The van der Waals surface area contributed by atoms with Gasteiger partial charge in [0.15, 0.2) is 5.83 Å². The average Bonchev–Trinajstić information content (AvgIpc) is 2.85. The second-order valence-corrected chi connectivity index (χ2v) is 8.41. The number of aryl methyl sites for hydroxylation is 2. The van der Waals surface area contributed by atoms with Crippen LogP contribution >= 0.6 is 11.6 Å². The molecule has 0 nitrogen and oxygen atoms in total. The molecule has 0 unspecified atom stereocenters. The fourth-order valence-corrected chi connectivity index (χ4v) is 3.90. The highest BCUT2D eigenvalue weighted by Gasteiger charge is 2.15. The van der Waals surface area contributed by atoms with Crippen LogP contribution in [0.2, 0.25) is 5.02 Å². The van der Waals surface area contributed by atoms with Crippen LogP contribution in [-0.2, 0) is 12.8 Å². The van der Waals surface area contributed by atoms with Crippen molar-refractivity contribution in [3.05, 3.63) is 124 Å². The monoisotopic (exact) mass is 520 g/mol. The van der Waals surface area contributed by atoms with Crippen molar-refractivity contribution >= 4 is 17.4 Å².